The van der Waals surface area contributed by atoms with E-state index in [1.165, 1.54) is 25.9 Å². The molecule has 0 aromatic heterocycles. The minimum atomic E-state index is 0.166. The highest BCUT2D eigenvalue weighted by atomic mass is 16.1. The lowest BCUT2D eigenvalue weighted by atomic mass is 10.1. The second-order valence-electron chi connectivity index (χ2n) is 4.91. The quantitative estimate of drug-likeness (QED) is 0.662. The second kappa shape index (κ2) is 6.23. The number of likely N-dealkylation sites (tertiary alicyclic amines) is 1. The maximum absolute atomic E-state index is 11.5. The number of Topliss-reactive ketones (excluding diaryl/α,β-unsaturated/α-hetero) is 1. The fourth-order valence-electron chi connectivity index (χ4n) is 1.85. The van der Waals surface area contributed by atoms with Gasteiger partial charge in [0.15, 0.2) is 0 Å². The van der Waals surface area contributed by atoms with Gasteiger partial charge in [-0.15, -0.1) is 0 Å². The molecule has 0 atom stereocenters. The third-order valence-electron chi connectivity index (χ3n) is 3.07. The third-order valence-corrected chi connectivity index (χ3v) is 3.07. The molecule has 1 aliphatic heterocycles. The Morgan fingerprint density at radius 2 is 1.93 bits per heavy atom. The lowest BCUT2D eigenvalue weighted by Crippen LogP contribution is -2.35. The lowest BCUT2D eigenvalue weighted by Gasteiger charge is -2.21. The minimum absolute atomic E-state index is 0.166. The van der Waals surface area contributed by atoms with Gasteiger partial charge in [0.1, 0.15) is 5.78 Å². The Morgan fingerprint density at radius 3 is 2.47 bits per heavy atom. The smallest absolute Gasteiger partial charge is 0.149 e. The van der Waals surface area contributed by atoms with Gasteiger partial charge in [-0.1, -0.05) is 13.8 Å². The van der Waals surface area contributed by atoms with E-state index in [0.29, 0.717) is 12.3 Å². The predicted molar refractivity (Wildman–Crippen MR) is 63.0 cm³/mol. The van der Waals surface area contributed by atoms with Crippen molar-refractivity contribution in [3.05, 3.63) is 0 Å². The summed E-state index contributed by atoms with van der Waals surface area (Å²) in [5.41, 5.74) is 0. The molecule has 0 bridgehead atoms. The van der Waals surface area contributed by atoms with E-state index >= 15 is 0 Å². The number of rotatable bonds is 6. The van der Waals surface area contributed by atoms with E-state index in [0.717, 1.165) is 13.1 Å². The summed E-state index contributed by atoms with van der Waals surface area (Å²) in [5, 5.41) is 0. The van der Waals surface area contributed by atoms with Crippen molar-refractivity contribution < 1.29 is 4.79 Å². The molecule has 1 saturated heterocycles. The zero-order chi connectivity index (χ0) is 11.3. The van der Waals surface area contributed by atoms with E-state index in [4.69, 9.17) is 0 Å². The number of hydrogen-bond donors (Lipinski definition) is 0. The molecule has 88 valence electrons. The average Bonchev–Trinajstić information content (AvgIpc) is 2.66. The molecule has 0 spiro atoms. The summed E-state index contributed by atoms with van der Waals surface area (Å²) in [6.45, 7) is 9.15. The van der Waals surface area contributed by atoms with E-state index in [9.17, 15) is 4.79 Å². The van der Waals surface area contributed by atoms with Crippen LogP contribution in [0.4, 0.5) is 0 Å². The zero-order valence-electron chi connectivity index (χ0n) is 10.3. The Kier molecular flexibility index (Phi) is 5.26. The lowest BCUT2D eigenvalue weighted by molar-refractivity contribution is -0.122. The highest BCUT2D eigenvalue weighted by molar-refractivity contribution is 5.82. The molecule has 1 rings (SSSR count). The van der Waals surface area contributed by atoms with Crippen molar-refractivity contribution in [1.29, 1.82) is 0 Å². The van der Waals surface area contributed by atoms with Gasteiger partial charge in [-0.25, -0.2) is 0 Å². The molecule has 1 aliphatic rings. The molecule has 0 radical (unpaired) electrons. The molecule has 0 aromatic rings. The Labute approximate surface area is 93.4 Å². The molecule has 0 aromatic carbocycles. The minimum Gasteiger partial charge on any atom is -0.302 e. The van der Waals surface area contributed by atoms with Crippen LogP contribution >= 0.6 is 0 Å². The number of carbonyl (C=O) groups excluding carboxylic acids is 1. The molecule has 1 heterocycles. The van der Waals surface area contributed by atoms with Crippen molar-refractivity contribution in [2.75, 3.05) is 39.8 Å². The summed E-state index contributed by atoms with van der Waals surface area (Å²) in [7, 11) is 2.04. The fraction of sp³-hybridized carbons (Fsp3) is 0.917. The van der Waals surface area contributed by atoms with Gasteiger partial charge >= 0.3 is 0 Å². The van der Waals surface area contributed by atoms with Crippen molar-refractivity contribution in [3.63, 3.8) is 0 Å². The van der Waals surface area contributed by atoms with Crippen LogP contribution in [0.15, 0.2) is 0 Å². The van der Waals surface area contributed by atoms with Crippen molar-refractivity contribution >= 4 is 5.78 Å². The van der Waals surface area contributed by atoms with E-state index in [2.05, 4.69) is 9.80 Å². The zero-order valence-corrected chi connectivity index (χ0v) is 10.3. The van der Waals surface area contributed by atoms with Gasteiger partial charge in [-0.3, -0.25) is 9.69 Å². The number of hydrogen-bond acceptors (Lipinski definition) is 3. The Hall–Kier alpha value is -0.410. The first-order valence-corrected chi connectivity index (χ1v) is 6.03. The van der Waals surface area contributed by atoms with Crippen LogP contribution in [0.3, 0.4) is 0 Å². The van der Waals surface area contributed by atoms with Crippen molar-refractivity contribution in [3.8, 4) is 0 Å². The summed E-state index contributed by atoms with van der Waals surface area (Å²) >= 11 is 0. The van der Waals surface area contributed by atoms with E-state index < -0.39 is 0 Å². The van der Waals surface area contributed by atoms with Gasteiger partial charge in [0.25, 0.3) is 0 Å². The molecule has 0 aliphatic carbocycles. The molecular weight excluding hydrogens is 188 g/mol. The summed E-state index contributed by atoms with van der Waals surface area (Å²) in [4.78, 5) is 16.1. The first kappa shape index (κ1) is 12.7. The molecular formula is C12H24N2O. The predicted octanol–water partition coefficient (Wildman–Crippen LogP) is 1.24. The van der Waals surface area contributed by atoms with Crippen LogP contribution in [0.1, 0.15) is 26.7 Å². The molecule has 0 amide bonds. The largest absolute Gasteiger partial charge is 0.302 e. The molecule has 3 heteroatoms. The van der Waals surface area contributed by atoms with Crippen LogP contribution in [0, 0.1) is 5.92 Å². The van der Waals surface area contributed by atoms with Gasteiger partial charge in [0, 0.05) is 19.0 Å². The topological polar surface area (TPSA) is 23.6 Å². The monoisotopic (exact) mass is 212 g/mol. The Morgan fingerprint density at radius 1 is 1.33 bits per heavy atom. The molecule has 0 N–H and O–H groups in total. The normalized spacial score (nSPS) is 17.9. The Bertz CT molecular complexity index is 198. The van der Waals surface area contributed by atoms with Gasteiger partial charge in [-0.2, -0.15) is 0 Å². The molecule has 3 nitrogen and oxygen atoms in total. The summed E-state index contributed by atoms with van der Waals surface area (Å²) in [6.07, 6.45) is 2.68. The van der Waals surface area contributed by atoms with Gasteiger partial charge in [-0.05, 0) is 33.0 Å². The van der Waals surface area contributed by atoms with Crippen molar-refractivity contribution in [2.45, 2.75) is 26.7 Å². The number of ketones is 1. The van der Waals surface area contributed by atoms with Crippen LogP contribution in [0.5, 0.6) is 0 Å². The third kappa shape index (κ3) is 4.76. The molecule has 0 unspecified atom stereocenters. The maximum atomic E-state index is 11.5. The van der Waals surface area contributed by atoms with Gasteiger partial charge in [0.05, 0.1) is 6.54 Å². The first-order valence-electron chi connectivity index (χ1n) is 6.03. The fourth-order valence-corrected chi connectivity index (χ4v) is 1.85. The molecule has 15 heavy (non-hydrogen) atoms. The number of likely N-dealkylation sites (N-methyl/N-ethyl adjacent to an activating group) is 1. The van der Waals surface area contributed by atoms with Crippen LogP contribution in [-0.2, 0) is 4.79 Å². The van der Waals surface area contributed by atoms with Crippen molar-refractivity contribution in [1.82, 2.24) is 9.80 Å². The highest BCUT2D eigenvalue weighted by Gasteiger charge is 2.14. The highest BCUT2D eigenvalue weighted by Crippen LogP contribution is 2.06. The van der Waals surface area contributed by atoms with E-state index in [1.54, 1.807) is 0 Å². The summed E-state index contributed by atoms with van der Waals surface area (Å²) in [5.74, 6) is 0.512. The summed E-state index contributed by atoms with van der Waals surface area (Å²) in [6, 6.07) is 0. The first-order chi connectivity index (χ1) is 7.09. The van der Waals surface area contributed by atoms with E-state index in [-0.39, 0.29) is 5.92 Å². The average molecular weight is 212 g/mol. The van der Waals surface area contributed by atoms with Crippen LogP contribution < -0.4 is 0 Å². The molecule has 1 fully saturated rings. The maximum Gasteiger partial charge on any atom is 0.149 e. The second-order valence-corrected chi connectivity index (χ2v) is 4.91. The van der Waals surface area contributed by atoms with E-state index in [1.807, 2.05) is 20.9 Å². The number of nitrogens with zero attached hydrogens (tertiary/aromatic N) is 2. The van der Waals surface area contributed by atoms with Crippen molar-refractivity contribution in [2.24, 2.45) is 5.92 Å². The standard InChI is InChI=1S/C12H24N2O/c1-11(2)12(15)10-13(3)8-9-14-6-4-5-7-14/h11H,4-10H2,1-3H3. The van der Waals surface area contributed by atoms with Gasteiger partial charge in [0.2, 0.25) is 0 Å². The van der Waals surface area contributed by atoms with Crippen LogP contribution in [-0.4, -0.2) is 55.4 Å². The van der Waals surface area contributed by atoms with Crippen LogP contribution in [0.25, 0.3) is 0 Å². The van der Waals surface area contributed by atoms with Gasteiger partial charge < -0.3 is 4.90 Å². The number of carbonyl (C=O) groups is 1. The molecule has 0 saturated carbocycles. The summed E-state index contributed by atoms with van der Waals surface area (Å²) < 4.78 is 0. The SMILES string of the molecule is CC(C)C(=O)CN(C)CCN1CCCC1. The Balaban J connectivity index is 2.12. The van der Waals surface area contributed by atoms with Crippen LogP contribution in [0.2, 0.25) is 0 Å².